The zero-order valence-corrected chi connectivity index (χ0v) is 13.9. The zero-order valence-electron chi connectivity index (χ0n) is 13.9. The van der Waals surface area contributed by atoms with Gasteiger partial charge in [0.25, 0.3) is 0 Å². The number of hydrogen-bond acceptors (Lipinski definition) is 4. The summed E-state index contributed by atoms with van der Waals surface area (Å²) in [6.45, 7) is 13.2. The van der Waals surface area contributed by atoms with Crippen molar-refractivity contribution in [3.8, 4) is 0 Å². The summed E-state index contributed by atoms with van der Waals surface area (Å²) in [6, 6.07) is 0.603. The number of morpholine rings is 1. The van der Waals surface area contributed by atoms with Gasteiger partial charge in [0.2, 0.25) is 5.91 Å². The molecule has 0 bridgehead atoms. The van der Waals surface area contributed by atoms with Gasteiger partial charge in [-0.3, -0.25) is 9.69 Å². The van der Waals surface area contributed by atoms with Crippen molar-refractivity contribution >= 4 is 5.91 Å². The number of carbonyl (C=O) groups is 1. The van der Waals surface area contributed by atoms with Gasteiger partial charge >= 0.3 is 0 Å². The molecule has 2 rings (SSSR count). The van der Waals surface area contributed by atoms with Crippen molar-refractivity contribution < 1.29 is 9.53 Å². The second-order valence-electron chi connectivity index (χ2n) is 6.94. The Morgan fingerprint density at radius 1 is 1.19 bits per heavy atom. The quantitative estimate of drug-likeness (QED) is 0.825. The van der Waals surface area contributed by atoms with E-state index in [4.69, 9.17) is 4.74 Å². The second-order valence-corrected chi connectivity index (χ2v) is 6.94. The third kappa shape index (κ3) is 5.24. The van der Waals surface area contributed by atoms with Crippen molar-refractivity contribution in [2.24, 2.45) is 0 Å². The van der Waals surface area contributed by atoms with E-state index < -0.39 is 0 Å². The van der Waals surface area contributed by atoms with Crippen LogP contribution in [0.5, 0.6) is 0 Å². The minimum absolute atomic E-state index is 0.0204. The van der Waals surface area contributed by atoms with Crippen LogP contribution >= 0.6 is 0 Å². The highest BCUT2D eigenvalue weighted by atomic mass is 16.5. The molecule has 5 heteroatoms. The molecule has 0 aromatic rings. The van der Waals surface area contributed by atoms with Gasteiger partial charge in [-0.05, 0) is 33.6 Å². The molecular formula is C16H31N3O2. The van der Waals surface area contributed by atoms with Crippen molar-refractivity contribution in [2.45, 2.75) is 51.6 Å². The van der Waals surface area contributed by atoms with Gasteiger partial charge in [-0.25, -0.2) is 0 Å². The van der Waals surface area contributed by atoms with Crippen LogP contribution in [0.3, 0.4) is 0 Å². The molecule has 0 saturated carbocycles. The molecule has 0 atom stereocenters. The summed E-state index contributed by atoms with van der Waals surface area (Å²) in [5, 5.41) is 3.27. The zero-order chi connectivity index (χ0) is 15.3. The topological polar surface area (TPSA) is 44.8 Å². The van der Waals surface area contributed by atoms with E-state index in [0.717, 1.165) is 58.8 Å². The number of rotatable bonds is 5. The van der Waals surface area contributed by atoms with E-state index >= 15 is 0 Å². The minimum Gasteiger partial charge on any atom is -0.379 e. The lowest BCUT2D eigenvalue weighted by atomic mass is 9.89. The molecule has 2 aliphatic rings. The van der Waals surface area contributed by atoms with Crippen LogP contribution in [0.1, 0.15) is 40.0 Å². The first kappa shape index (κ1) is 16.7. The van der Waals surface area contributed by atoms with Crippen LogP contribution in [-0.4, -0.2) is 73.2 Å². The monoisotopic (exact) mass is 297 g/mol. The average Bonchev–Trinajstić information content (AvgIpc) is 2.46. The van der Waals surface area contributed by atoms with Crippen molar-refractivity contribution in [3.63, 3.8) is 0 Å². The lowest BCUT2D eigenvalue weighted by Gasteiger charge is -2.41. The Bertz CT molecular complexity index is 332. The summed E-state index contributed by atoms with van der Waals surface area (Å²) in [7, 11) is 0. The first-order valence-corrected chi connectivity index (χ1v) is 8.34. The van der Waals surface area contributed by atoms with Gasteiger partial charge in [0.15, 0.2) is 0 Å². The Balaban J connectivity index is 1.69. The molecule has 1 N–H and O–H groups in total. The first-order chi connectivity index (χ1) is 9.98. The standard InChI is InChI=1S/C16H31N3O2/c1-14(2)19-8-5-16(3,6-9-19)17-15(20)4-7-18-10-12-21-13-11-18/h14H,4-13H2,1-3H3,(H,17,20). The van der Waals surface area contributed by atoms with E-state index in [1.807, 2.05) is 0 Å². The molecular weight excluding hydrogens is 266 g/mol. The molecule has 2 aliphatic heterocycles. The molecule has 0 aromatic carbocycles. The molecule has 0 unspecified atom stereocenters. The molecule has 0 aliphatic carbocycles. The van der Waals surface area contributed by atoms with Gasteiger partial charge in [0.05, 0.1) is 13.2 Å². The third-order valence-electron chi connectivity index (χ3n) is 4.83. The smallest absolute Gasteiger partial charge is 0.221 e. The molecule has 5 nitrogen and oxygen atoms in total. The third-order valence-corrected chi connectivity index (χ3v) is 4.83. The van der Waals surface area contributed by atoms with E-state index in [-0.39, 0.29) is 11.4 Å². The maximum atomic E-state index is 12.2. The van der Waals surface area contributed by atoms with E-state index in [0.29, 0.717) is 12.5 Å². The Hall–Kier alpha value is -0.650. The van der Waals surface area contributed by atoms with E-state index in [9.17, 15) is 4.79 Å². The predicted octanol–water partition coefficient (Wildman–Crippen LogP) is 1.09. The van der Waals surface area contributed by atoms with Gasteiger partial charge in [0, 0.05) is 50.7 Å². The fraction of sp³-hybridized carbons (Fsp3) is 0.938. The van der Waals surface area contributed by atoms with E-state index in [1.54, 1.807) is 0 Å². The average molecular weight is 297 g/mol. The van der Waals surface area contributed by atoms with Crippen LogP contribution < -0.4 is 5.32 Å². The number of piperidine rings is 1. The Kier molecular flexibility index (Phi) is 6.02. The number of nitrogens with one attached hydrogen (secondary N) is 1. The lowest BCUT2D eigenvalue weighted by Crippen LogP contribution is -2.54. The molecule has 0 spiro atoms. The highest BCUT2D eigenvalue weighted by molar-refractivity contribution is 5.77. The Morgan fingerprint density at radius 2 is 1.81 bits per heavy atom. The van der Waals surface area contributed by atoms with Crippen LogP contribution in [0, 0.1) is 0 Å². The van der Waals surface area contributed by atoms with Gasteiger partial charge in [-0.15, -0.1) is 0 Å². The maximum Gasteiger partial charge on any atom is 0.221 e. The number of nitrogens with zero attached hydrogens (tertiary/aromatic N) is 2. The minimum atomic E-state index is -0.0204. The van der Waals surface area contributed by atoms with Gasteiger partial charge in [-0.1, -0.05) is 0 Å². The molecule has 122 valence electrons. The summed E-state index contributed by atoms with van der Waals surface area (Å²) in [5.41, 5.74) is -0.0204. The van der Waals surface area contributed by atoms with Crippen molar-refractivity contribution in [1.29, 1.82) is 0 Å². The number of carbonyl (C=O) groups excluding carboxylic acids is 1. The van der Waals surface area contributed by atoms with Crippen molar-refractivity contribution in [2.75, 3.05) is 45.9 Å². The highest BCUT2D eigenvalue weighted by Crippen LogP contribution is 2.23. The number of likely N-dealkylation sites (tertiary alicyclic amines) is 1. The molecule has 2 fully saturated rings. The second kappa shape index (κ2) is 7.56. The lowest BCUT2D eigenvalue weighted by molar-refractivity contribution is -0.124. The Labute approximate surface area is 129 Å². The number of amides is 1. The largest absolute Gasteiger partial charge is 0.379 e. The molecule has 2 heterocycles. The SMILES string of the molecule is CC(C)N1CCC(C)(NC(=O)CCN2CCOCC2)CC1. The van der Waals surface area contributed by atoms with Crippen LogP contribution in [0.25, 0.3) is 0 Å². The van der Waals surface area contributed by atoms with Crippen LogP contribution in [0.4, 0.5) is 0 Å². The van der Waals surface area contributed by atoms with E-state index in [2.05, 4.69) is 35.9 Å². The van der Waals surface area contributed by atoms with Gasteiger partial charge < -0.3 is 15.0 Å². The molecule has 21 heavy (non-hydrogen) atoms. The normalized spacial score (nSPS) is 24.2. The van der Waals surface area contributed by atoms with Crippen LogP contribution in [-0.2, 0) is 9.53 Å². The summed E-state index contributed by atoms with van der Waals surface area (Å²) < 4.78 is 5.33. The number of ether oxygens (including phenoxy) is 1. The van der Waals surface area contributed by atoms with Crippen LogP contribution in [0.2, 0.25) is 0 Å². The van der Waals surface area contributed by atoms with Crippen molar-refractivity contribution in [3.05, 3.63) is 0 Å². The van der Waals surface area contributed by atoms with Crippen LogP contribution in [0.15, 0.2) is 0 Å². The summed E-state index contributed by atoms with van der Waals surface area (Å²) in [6.07, 6.45) is 2.70. The molecule has 0 aromatic heterocycles. The van der Waals surface area contributed by atoms with E-state index in [1.165, 1.54) is 0 Å². The maximum absolute atomic E-state index is 12.2. The molecule has 1 amide bonds. The van der Waals surface area contributed by atoms with Crippen molar-refractivity contribution in [1.82, 2.24) is 15.1 Å². The Morgan fingerprint density at radius 3 is 2.38 bits per heavy atom. The predicted molar refractivity (Wildman–Crippen MR) is 84.4 cm³/mol. The number of hydrogen-bond donors (Lipinski definition) is 1. The first-order valence-electron chi connectivity index (χ1n) is 8.34. The molecule has 2 saturated heterocycles. The van der Waals surface area contributed by atoms with Gasteiger partial charge in [-0.2, -0.15) is 0 Å². The molecule has 0 radical (unpaired) electrons. The summed E-state index contributed by atoms with van der Waals surface area (Å²) >= 11 is 0. The summed E-state index contributed by atoms with van der Waals surface area (Å²) in [5.74, 6) is 0.196. The highest BCUT2D eigenvalue weighted by Gasteiger charge is 2.32. The summed E-state index contributed by atoms with van der Waals surface area (Å²) in [4.78, 5) is 17.0. The van der Waals surface area contributed by atoms with Gasteiger partial charge in [0.1, 0.15) is 0 Å². The fourth-order valence-electron chi connectivity index (χ4n) is 3.14. The fourth-order valence-corrected chi connectivity index (χ4v) is 3.14.